The lowest BCUT2D eigenvalue weighted by atomic mass is 10.2. The summed E-state index contributed by atoms with van der Waals surface area (Å²) in [6.45, 7) is 8.58. The second-order valence-corrected chi connectivity index (χ2v) is 4.32. The van der Waals surface area contributed by atoms with Gasteiger partial charge in [-0.3, -0.25) is 9.58 Å². The van der Waals surface area contributed by atoms with Gasteiger partial charge in [-0.2, -0.15) is 10.4 Å². The van der Waals surface area contributed by atoms with Crippen LogP contribution in [-0.2, 0) is 13.1 Å². The highest BCUT2D eigenvalue weighted by Crippen LogP contribution is 2.08. The van der Waals surface area contributed by atoms with Crippen molar-refractivity contribution in [3.8, 4) is 6.07 Å². The summed E-state index contributed by atoms with van der Waals surface area (Å²) in [5.74, 6) is 0.0732. The van der Waals surface area contributed by atoms with Gasteiger partial charge in [-0.1, -0.05) is 0 Å². The highest BCUT2D eigenvalue weighted by atomic mass is 15.3. The van der Waals surface area contributed by atoms with Crippen molar-refractivity contribution in [1.82, 2.24) is 14.7 Å². The highest BCUT2D eigenvalue weighted by molar-refractivity contribution is 5.08. The number of aromatic nitrogens is 2. The molecule has 0 saturated carbocycles. The van der Waals surface area contributed by atoms with Gasteiger partial charge in [-0.15, -0.1) is 0 Å². The van der Waals surface area contributed by atoms with Gasteiger partial charge in [-0.25, -0.2) is 0 Å². The Morgan fingerprint density at radius 3 is 2.88 bits per heavy atom. The van der Waals surface area contributed by atoms with Crippen molar-refractivity contribution >= 4 is 0 Å². The molecule has 0 radical (unpaired) electrons. The van der Waals surface area contributed by atoms with Crippen LogP contribution in [0.1, 0.15) is 25.2 Å². The van der Waals surface area contributed by atoms with Gasteiger partial charge in [-0.05, 0) is 33.9 Å². The molecule has 1 heterocycles. The quantitative estimate of drug-likeness (QED) is 0.760. The molecule has 0 amide bonds. The van der Waals surface area contributed by atoms with Crippen LogP contribution in [0.4, 0.5) is 0 Å². The van der Waals surface area contributed by atoms with Gasteiger partial charge in [0.2, 0.25) is 0 Å². The average molecular weight is 220 g/mol. The number of aryl methyl sites for hydroxylation is 2. The monoisotopic (exact) mass is 220 g/mol. The molecule has 0 spiro atoms. The summed E-state index contributed by atoms with van der Waals surface area (Å²) in [6, 6.07) is 4.36. The van der Waals surface area contributed by atoms with Crippen molar-refractivity contribution in [2.45, 2.75) is 33.9 Å². The molecule has 4 heteroatoms. The lowest BCUT2D eigenvalue weighted by Crippen LogP contribution is -2.24. The smallest absolute Gasteiger partial charge is 0.0666 e. The standard InChI is InChI=1S/C12H20N4/c1-5-16-12(6-11(3)14-16)9-15(4)8-10(2)7-13/h6,10H,5,8-9H2,1-4H3. The maximum absolute atomic E-state index is 8.76. The molecule has 0 saturated heterocycles. The molecule has 16 heavy (non-hydrogen) atoms. The van der Waals surface area contributed by atoms with Gasteiger partial charge in [0.05, 0.1) is 23.4 Å². The SMILES string of the molecule is CCn1nc(C)cc1CN(C)CC(C)C#N. The fourth-order valence-corrected chi connectivity index (χ4v) is 1.85. The van der Waals surface area contributed by atoms with Crippen LogP contribution in [0, 0.1) is 24.2 Å². The maximum Gasteiger partial charge on any atom is 0.0666 e. The van der Waals surface area contributed by atoms with E-state index in [-0.39, 0.29) is 5.92 Å². The first-order valence-corrected chi connectivity index (χ1v) is 5.68. The second kappa shape index (κ2) is 5.66. The Hall–Kier alpha value is -1.34. The highest BCUT2D eigenvalue weighted by Gasteiger charge is 2.09. The molecule has 0 bridgehead atoms. The Balaban J connectivity index is 2.62. The maximum atomic E-state index is 8.76. The molecule has 0 aromatic carbocycles. The minimum atomic E-state index is 0.0732. The van der Waals surface area contributed by atoms with E-state index in [2.05, 4.69) is 29.1 Å². The van der Waals surface area contributed by atoms with E-state index in [4.69, 9.17) is 5.26 Å². The van der Waals surface area contributed by atoms with Crippen molar-refractivity contribution in [2.75, 3.05) is 13.6 Å². The number of hydrogen-bond donors (Lipinski definition) is 0. The molecule has 88 valence electrons. The lowest BCUT2D eigenvalue weighted by Gasteiger charge is -2.17. The minimum Gasteiger partial charge on any atom is -0.299 e. The van der Waals surface area contributed by atoms with E-state index in [1.54, 1.807) is 0 Å². The number of rotatable bonds is 5. The third-order valence-electron chi connectivity index (χ3n) is 2.52. The van der Waals surface area contributed by atoms with E-state index in [0.29, 0.717) is 0 Å². The van der Waals surface area contributed by atoms with Gasteiger partial charge < -0.3 is 0 Å². The fourth-order valence-electron chi connectivity index (χ4n) is 1.85. The van der Waals surface area contributed by atoms with E-state index in [1.807, 2.05) is 25.6 Å². The molecule has 1 aromatic rings. The number of nitriles is 1. The minimum absolute atomic E-state index is 0.0732. The zero-order valence-corrected chi connectivity index (χ0v) is 10.6. The molecule has 1 atom stereocenters. The summed E-state index contributed by atoms with van der Waals surface area (Å²) >= 11 is 0. The Morgan fingerprint density at radius 1 is 1.62 bits per heavy atom. The predicted molar refractivity (Wildman–Crippen MR) is 63.7 cm³/mol. The molecule has 4 nitrogen and oxygen atoms in total. The molecule has 0 N–H and O–H groups in total. The van der Waals surface area contributed by atoms with Crippen LogP contribution < -0.4 is 0 Å². The number of hydrogen-bond acceptors (Lipinski definition) is 3. The molecule has 0 aliphatic heterocycles. The molecule has 0 aliphatic rings. The third kappa shape index (κ3) is 3.35. The summed E-state index contributed by atoms with van der Waals surface area (Å²) in [4.78, 5) is 2.16. The Labute approximate surface area is 97.5 Å². The van der Waals surface area contributed by atoms with Crippen molar-refractivity contribution in [3.05, 3.63) is 17.5 Å². The van der Waals surface area contributed by atoms with Crippen LogP contribution in [-0.4, -0.2) is 28.3 Å². The van der Waals surface area contributed by atoms with Crippen LogP contribution in [0.3, 0.4) is 0 Å². The van der Waals surface area contributed by atoms with Crippen molar-refractivity contribution in [2.24, 2.45) is 5.92 Å². The first-order chi connectivity index (χ1) is 7.56. The van der Waals surface area contributed by atoms with Crippen molar-refractivity contribution < 1.29 is 0 Å². The van der Waals surface area contributed by atoms with Gasteiger partial charge >= 0.3 is 0 Å². The van der Waals surface area contributed by atoms with Crippen LogP contribution in [0.15, 0.2) is 6.07 Å². The predicted octanol–water partition coefficient (Wildman–Crippen LogP) is 1.80. The Bertz CT molecular complexity index is 375. The van der Waals surface area contributed by atoms with E-state index in [1.165, 1.54) is 5.69 Å². The zero-order valence-electron chi connectivity index (χ0n) is 10.6. The Kier molecular flexibility index (Phi) is 4.51. The largest absolute Gasteiger partial charge is 0.299 e. The molecular formula is C12H20N4. The zero-order chi connectivity index (χ0) is 12.1. The summed E-state index contributed by atoms with van der Waals surface area (Å²) in [5, 5.41) is 13.2. The van der Waals surface area contributed by atoms with E-state index < -0.39 is 0 Å². The molecule has 1 aromatic heterocycles. The molecule has 0 fully saturated rings. The molecule has 1 rings (SSSR count). The van der Waals surface area contributed by atoms with E-state index in [0.717, 1.165) is 25.3 Å². The lowest BCUT2D eigenvalue weighted by molar-refractivity contribution is 0.293. The molecule has 0 aliphatic carbocycles. The summed E-state index contributed by atoms with van der Waals surface area (Å²) in [7, 11) is 2.04. The normalized spacial score (nSPS) is 12.8. The van der Waals surface area contributed by atoms with E-state index >= 15 is 0 Å². The fraction of sp³-hybridized carbons (Fsp3) is 0.667. The Morgan fingerprint density at radius 2 is 2.31 bits per heavy atom. The van der Waals surface area contributed by atoms with Crippen LogP contribution >= 0.6 is 0 Å². The van der Waals surface area contributed by atoms with Gasteiger partial charge in [0.25, 0.3) is 0 Å². The second-order valence-electron chi connectivity index (χ2n) is 4.32. The van der Waals surface area contributed by atoms with Crippen molar-refractivity contribution in [3.63, 3.8) is 0 Å². The molecular weight excluding hydrogens is 200 g/mol. The first-order valence-electron chi connectivity index (χ1n) is 5.68. The van der Waals surface area contributed by atoms with Crippen LogP contribution in [0.5, 0.6) is 0 Å². The van der Waals surface area contributed by atoms with E-state index in [9.17, 15) is 0 Å². The summed E-state index contributed by atoms with van der Waals surface area (Å²) in [6.07, 6.45) is 0. The van der Waals surface area contributed by atoms with Gasteiger partial charge in [0, 0.05) is 19.6 Å². The van der Waals surface area contributed by atoms with Gasteiger partial charge in [0.15, 0.2) is 0 Å². The van der Waals surface area contributed by atoms with Crippen LogP contribution in [0.25, 0.3) is 0 Å². The summed E-state index contributed by atoms with van der Waals surface area (Å²) in [5.41, 5.74) is 2.27. The topological polar surface area (TPSA) is 44.9 Å². The van der Waals surface area contributed by atoms with Crippen LogP contribution in [0.2, 0.25) is 0 Å². The summed E-state index contributed by atoms with van der Waals surface area (Å²) < 4.78 is 2.02. The van der Waals surface area contributed by atoms with Crippen molar-refractivity contribution in [1.29, 1.82) is 5.26 Å². The first kappa shape index (κ1) is 12.7. The van der Waals surface area contributed by atoms with Gasteiger partial charge in [0.1, 0.15) is 0 Å². The average Bonchev–Trinajstić information content (AvgIpc) is 2.58. The third-order valence-corrected chi connectivity index (χ3v) is 2.52. The molecule has 1 unspecified atom stereocenters. The number of nitrogens with zero attached hydrogens (tertiary/aromatic N) is 4.